The van der Waals surface area contributed by atoms with E-state index in [4.69, 9.17) is 4.42 Å². The molecule has 2 nitrogen and oxygen atoms in total. The molecule has 0 N–H and O–H groups in total. The van der Waals surface area contributed by atoms with Crippen LogP contribution in [0.15, 0.2) is 253 Å². The zero-order valence-electron chi connectivity index (χ0n) is 40.4. The minimum absolute atomic E-state index is 0.279. The lowest BCUT2D eigenvalue weighted by Crippen LogP contribution is -2.28. The van der Waals surface area contributed by atoms with Crippen molar-refractivity contribution in [1.82, 2.24) is 0 Å². The van der Waals surface area contributed by atoms with Gasteiger partial charge in [-0.15, -0.1) is 11.3 Å². The molecule has 0 unspecified atom stereocenters. The predicted octanol–water partition coefficient (Wildman–Crippen LogP) is 19.4. The number of benzene rings is 11. The maximum atomic E-state index is 6.56. The summed E-state index contributed by atoms with van der Waals surface area (Å²) < 4.78 is 9.20. The molecule has 13 aromatic rings. The molecule has 344 valence electrons. The fourth-order valence-electron chi connectivity index (χ4n) is 12.8. The molecule has 0 saturated carbocycles. The normalized spacial score (nSPS) is 13.8. The summed E-state index contributed by atoms with van der Waals surface area (Å²) in [5.74, 6) is 0. The molecule has 0 aliphatic heterocycles. The van der Waals surface area contributed by atoms with Gasteiger partial charge in [0.2, 0.25) is 0 Å². The summed E-state index contributed by atoms with van der Waals surface area (Å²) in [6.45, 7) is 4.78. The number of rotatable bonds is 7. The van der Waals surface area contributed by atoms with E-state index in [9.17, 15) is 0 Å². The van der Waals surface area contributed by atoms with Crippen LogP contribution in [0, 0.1) is 0 Å². The Morgan fingerprint density at radius 1 is 0.356 bits per heavy atom. The van der Waals surface area contributed by atoms with Gasteiger partial charge in [-0.2, -0.15) is 0 Å². The van der Waals surface area contributed by atoms with E-state index in [1.807, 2.05) is 17.4 Å². The number of thiophene rings is 1. The second kappa shape index (κ2) is 15.9. The van der Waals surface area contributed by atoms with Gasteiger partial charge in [-0.3, -0.25) is 0 Å². The van der Waals surface area contributed by atoms with Crippen LogP contribution in [0.5, 0.6) is 0 Å². The predicted molar refractivity (Wildman–Crippen MR) is 307 cm³/mol. The Bertz CT molecular complexity index is 4310. The SMILES string of the molecule is CC1(C)c2cc(-c3cccc4c3oc3ccccc34)ccc2-c2ccc(N(c3ccc(-c4cccc5c4sc4ccccc45)cc3)c3ccc4c(c3)-c3ccccc3C4(c3ccccc3)c3ccccc3)cc21. The molecule has 11 aromatic carbocycles. The maximum Gasteiger partial charge on any atom is 0.143 e. The van der Waals surface area contributed by atoms with Crippen molar-refractivity contribution >= 4 is 70.5 Å². The highest BCUT2D eigenvalue weighted by Gasteiger charge is 2.46. The topological polar surface area (TPSA) is 16.4 Å². The third-order valence-electron chi connectivity index (χ3n) is 16.2. The number of anilines is 3. The van der Waals surface area contributed by atoms with Crippen LogP contribution < -0.4 is 4.90 Å². The van der Waals surface area contributed by atoms with Crippen molar-refractivity contribution in [3.8, 4) is 44.5 Å². The molecule has 3 heteroatoms. The molecular formula is C70H47NOS. The molecular weight excluding hydrogens is 903 g/mol. The van der Waals surface area contributed by atoms with Crippen LogP contribution in [-0.2, 0) is 10.8 Å². The molecule has 15 rings (SSSR count). The van der Waals surface area contributed by atoms with Gasteiger partial charge in [-0.25, -0.2) is 0 Å². The molecule has 2 aliphatic carbocycles. The maximum absolute atomic E-state index is 6.56. The van der Waals surface area contributed by atoms with Gasteiger partial charge in [0.1, 0.15) is 11.2 Å². The van der Waals surface area contributed by atoms with Crippen LogP contribution in [0.3, 0.4) is 0 Å². The van der Waals surface area contributed by atoms with E-state index in [1.54, 1.807) is 0 Å². The summed E-state index contributed by atoms with van der Waals surface area (Å²) in [5.41, 5.74) is 22.0. The van der Waals surface area contributed by atoms with Crippen LogP contribution in [0.25, 0.3) is 86.6 Å². The molecule has 2 aromatic heterocycles. The number of hydrogen-bond acceptors (Lipinski definition) is 3. The van der Waals surface area contributed by atoms with Gasteiger partial charge in [0, 0.05) is 59.0 Å². The number of hydrogen-bond donors (Lipinski definition) is 0. The Morgan fingerprint density at radius 2 is 0.904 bits per heavy atom. The standard InChI is InChI=1S/C70H47NOS/c1-69(2)63-41-45(51-24-15-26-58-56-22-10-13-29-65(56)72-67(51)58)33-38-54(63)55-39-36-50(43-64(55)69)71(48-34-31-44(32-35-48)52-25-16-27-59-57-23-11-14-30-66(57)73-68(52)59)49-37-40-62-60(42-49)53-21-9-12-28-61(53)70(62,46-17-5-3-6-18-46)47-19-7-4-8-20-47/h3-43H,1-2H3. The third kappa shape index (κ3) is 6.10. The van der Waals surface area contributed by atoms with E-state index in [-0.39, 0.29) is 5.41 Å². The monoisotopic (exact) mass is 949 g/mol. The largest absolute Gasteiger partial charge is 0.455 e. The van der Waals surface area contributed by atoms with Gasteiger partial charge in [-0.1, -0.05) is 208 Å². The van der Waals surface area contributed by atoms with E-state index in [2.05, 4.69) is 261 Å². The average Bonchev–Trinajstić information content (AvgIpc) is 4.22. The van der Waals surface area contributed by atoms with Crippen molar-refractivity contribution in [2.75, 3.05) is 4.90 Å². The number of fused-ring (bicyclic) bond motifs is 12. The van der Waals surface area contributed by atoms with Crippen molar-refractivity contribution in [3.63, 3.8) is 0 Å². The fraction of sp³-hybridized carbons (Fsp3) is 0.0571. The Balaban J connectivity index is 0.894. The molecule has 0 radical (unpaired) electrons. The smallest absolute Gasteiger partial charge is 0.143 e. The molecule has 0 saturated heterocycles. The van der Waals surface area contributed by atoms with E-state index in [0.29, 0.717) is 0 Å². The minimum atomic E-state index is -0.481. The molecule has 0 fully saturated rings. The van der Waals surface area contributed by atoms with Crippen LogP contribution in [0.2, 0.25) is 0 Å². The first-order chi connectivity index (χ1) is 35.9. The highest BCUT2D eigenvalue weighted by Crippen LogP contribution is 2.58. The average molecular weight is 950 g/mol. The summed E-state index contributed by atoms with van der Waals surface area (Å²) >= 11 is 1.88. The second-order valence-corrected chi connectivity index (χ2v) is 21.4. The summed E-state index contributed by atoms with van der Waals surface area (Å²) in [6.07, 6.45) is 0. The summed E-state index contributed by atoms with van der Waals surface area (Å²) in [5, 5.41) is 4.92. The van der Waals surface area contributed by atoms with Gasteiger partial charge in [0.15, 0.2) is 0 Å². The van der Waals surface area contributed by atoms with Crippen molar-refractivity contribution in [2.45, 2.75) is 24.7 Å². The van der Waals surface area contributed by atoms with Crippen molar-refractivity contribution < 1.29 is 4.42 Å². The molecule has 0 atom stereocenters. The van der Waals surface area contributed by atoms with Crippen LogP contribution in [0.1, 0.15) is 47.2 Å². The first-order valence-corrected chi connectivity index (χ1v) is 26.1. The van der Waals surface area contributed by atoms with Gasteiger partial charge >= 0.3 is 0 Å². The Hall–Kier alpha value is -8.76. The number of nitrogens with zero attached hydrogens (tertiary/aromatic N) is 1. The Morgan fingerprint density at radius 3 is 1.70 bits per heavy atom. The second-order valence-electron chi connectivity index (χ2n) is 20.3. The van der Waals surface area contributed by atoms with E-state index >= 15 is 0 Å². The first kappa shape index (κ1) is 42.0. The summed E-state index contributed by atoms with van der Waals surface area (Å²) in [4.78, 5) is 2.48. The van der Waals surface area contributed by atoms with Crippen molar-refractivity contribution in [1.29, 1.82) is 0 Å². The quantitative estimate of drug-likeness (QED) is 0.158. The summed E-state index contributed by atoms with van der Waals surface area (Å²) in [6, 6.07) is 92.2. The van der Waals surface area contributed by atoms with Gasteiger partial charge in [-0.05, 0) is 127 Å². The van der Waals surface area contributed by atoms with E-state index in [0.717, 1.165) is 50.1 Å². The fourth-order valence-corrected chi connectivity index (χ4v) is 14.0. The lowest BCUT2D eigenvalue weighted by atomic mass is 9.68. The van der Waals surface area contributed by atoms with Crippen molar-refractivity contribution in [3.05, 3.63) is 282 Å². The Kier molecular flexibility index (Phi) is 9.12. The van der Waals surface area contributed by atoms with Crippen LogP contribution >= 0.6 is 11.3 Å². The van der Waals surface area contributed by atoms with Gasteiger partial charge < -0.3 is 9.32 Å². The minimum Gasteiger partial charge on any atom is -0.455 e. The summed E-state index contributed by atoms with van der Waals surface area (Å²) in [7, 11) is 0. The molecule has 2 heterocycles. The van der Waals surface area contributed by atoms with Gasteiger partial charge in [0.05, 0.1) is 5.41 Å². The van der Waals surface area contributed by atoms with Crippen LogP contribution in [-0.4, -0.2) is 0 Å². The van der Waals surface area contributed by atoms with Gasteiger partial charge in [0.25, 0.3) is 0 Å². The highest BCUT2D eigenvalue weighted by atomic mass is 32.1. The lowest BCUT2D eigenvalue weighted by Gasteiger charge is -2.34. The van der Waals surface area contributed by atoms with E-state index in [1.165, 1.54) is 86.9 Å². The number of para-hydroxylation sites is 2. The Labute approximate surface area is 428 Å². The first-order valence-electron chi connectivity index (χ1n) is 25.3. The number of furan rings is 1. The zero-order valence-corrected chi connectivity index (χ0v) is 41.3. The highest BCUT2D eigenvalue weighted by molar-refractivity contribution is 7.26. The molecule has 2 aliphatic rings. The van der Waals surface area contributed by atoms with Crippen LogP contribution in [0.4, 0.5) is 17.1 Å². The molecule has 73 heavy (non-hydrogen) atoms. The zero-order chi connectivity index (χ0) is 48.4. The molecule has 0 amide bonds. The molecule has 0 spiro atoms. The lowest BCUT2D eigenvalue weighted by molar-refractivity contribution is 0.660. The van der Waals surface area contributed by atoms with E-state index < -0.39 is 5.41 Å². The third-order valence-corrected chi connectivity index (χ3v) is 17.4. The van der Waals surface area contributed by atoms with Crippen molar-refractivity contribution in [2.24, 2.45) is 0 Å². The molecule has 0 bridgehead atoms.